The van der Waals surface area contributed by atoms with Crippen molar-refractivity contribution in [2.24, 2.45) is 0 Å². The molecule has 36 heavy (non-hydrogen) atoms. The number of aryl methyl sites for hydroxylation is 4. The summed E-state index contributed by atoms with van der Waals surface area (Å²) in [6.07, 6.45) is 12.0. The van der Waals surface area contributed by atoms with Crippen LogP contribution in [0.3, 0.4) is 0 Å². The van der Waals surface area contributed by atoms with Gasteiger partial charge < -0.3 is 0 Å². The molecule has 0 heteroatoms. The van der Waals surface area contributed by atoms with Crippen LogP contribution in [0.4, 0.5) is 0 Å². The van der Waals surface area contributed by atoms with E-state index in [1.807, 2.05) is 38.2 Å². The normalized spacial score (nSPS) is 11.2. The van der Waals surface area contributed by atoms with E-state index in [1.165, 1.54) is 50.1 Å². The van der Waals surface area contributed by atoms with Crippen molar-refractivity contribution in [3.05, 3.63) is 136 Å². The summed E-state index contributed by atoms with van der Waals surface area (Å²) >= 11 is 0. The van der Waals surface area contributed by atoms with E-state index in [9.17, 15) is 0 Å². The van der Waals surface area contributed by atoms with Crippen LogP contribution in [-0.2, 0) is 0 Å². The molecule has 2 rings (SSSR count). The van der Waals surface area contributed by atoms with Crippen LogP contribution < -0.4 is 0 Å². The van der Waals surface area contributed by atoms with Gasteiger partial charge in [-0.3, -0.25) is 0 Å². The Labute approximate surface area is 222 Å². The van der Waals surface area contributed by atoms with E-state index >= 15 is 0 Å². The molecule has 0 atom stereocenters. The van der Waals surface area contributed by atoms with E-state index in [0.717, 1.165) is 16.7 Å². The maximum Gasteiger partial charge on any atom is -0.0158 e. The van der Waals surface area contributed by atoms with Crippen LogP contribution in [0.25, 0.3) is 18.2 Å². The van der Waals surface area contributed by atoms with E-state index in [4.69, 9.17) is 0 Å². The summed E-state index contributed by atoms with van der Waals surface area (Å²) in [5.41, 5.74) is 15.0. The largest absolute Gasteiger partial charge is 0.0984 e. The number of allylic oxidation sites excluding steroid dienone is 7. The Balaban J connectivity index is 0.000000510. The van der Waals surface area contributed by atoms with E-state index in [0.29, 0.717) is 0 Å². The molecular weight excluding hydrogens is 432 g/mol. The first-order valence-corrected chi connectivity index (χ1v) is 12.6. The predicted octanol–water partition coefficient (Wildman–Crippen LogP) is 11.3. The van der Waals surface area contributed by atoms with Gasteiger partial charge >= 0.3 is 0 Å². The van der Waals surface area contributed by atoms with Gasteiger partial charge in [-0.1, -0.05) is 92.6 Å². The Morgan fingerprint density at radius 2 is 1.25 bits per heavy atom. The predicted molar refractivity (Wildman–Crippen MR) is 169 cm³/mol. The highest BCUT2D eigenvalue weighted by atomic mass is 14.1. The summed E-state index contributed by atoms with van der Waals surface area (Å²) in [6, 6.07) is 8.67. The van der Waals surface area contributed by atoms with Crippen molar-refractivity contribution in [2.45, 2.75) is 69.2 Å². The Bertz CT molecular complexity index is 1170. The van der Waals surface area contributed by atoms with Crippen molar-refractivity contribution in [2.75, 3.05) is 0 Å². The number of hydrogen-bond donors (Lipinski definition) is 0. The van der Waals surface area contributed by atoms with Gasteiger partial charge in [-0.25, -0.2) is 0 Å². The van der Waals surface area contributed by atoms with Crippen LogP contribution in [0.2, 0.25) is 0 Å². The van der Waals surface area contributed by atoms with Gasteiger partial charge in [-0.05, 0) is 130 Å². The van der Waals surface area contributed by atoms with Gasteiger partial charge in [0.1, 0.15) is 0 Å². The molecule has 0 fully saturated rings. The van der Waals surface area contributed by atoms with Crippen molar-refractivity contribution in [3.8, 4) is 0 Å². The monoisotopic (exact) mass is 480 g/mol. The Morgan fingerprint density at radius 3 is 1.72 bits per heavy atom. The highest BCUT2D eigenvalue weighted by molar-refractivity contribution is 5.67. The summed E-state index contributed by atoms with van der Waals surface area (Å²) in [5, 5.41) is 0. The maximum atomic E-state index is 3.96. The molecule has 0 bridgehead atoms. The van der Waals surface area contributed by atoms with Gasteiger partial charge in [-0.15, -0.1) is 0 Å². The lowest BCUT2D eigenvalue weighted by atomic mass is 9.98. The van der Waals surface area contributed by atoms with Gasteiger partial charge in [0, 0.05) is 0 Å². The van der Waals surface area contributed by atoms with Crippen LogP contribution in [-0.4, -0.2) is 0 Å². The quantitative estimate of drug-likeness (QED) is 0.361. The lowest BCUT2D eigenvalue weighted by Gasteiger charge is -2.07. The summed E-state index contributed by atoms with van der Waals surface area (Å²) in [5.74, 6) is 0. The third-order valence-electron chi connectivity index (χ3n) is 6.52. The van der Waals surface area contributed by atoms with Gasteiger partial charge in [0.15, 0.2) is 0 Å². The topological polar surface area (TPSA) is 0 Å². The van der Waals surface area contributed by atoms with Crippen LogP contribution in [0.15, 0.2) is 91.1 Å². The third-order valence-corrected chi connectivity index (χ3v) is 6.52. The lowest BCUT2D eigenvalue weighted by Crippen LogP contribution is -1.89. The second-order valence-corrected chi connectivity index (χ2v) is 9.27. The Morgan fingerprint density at radius 1 is 0.667 bits per heavy atom. The fourth-order valence-corrected chi connectivity index (χ4v) is 3.54. The van der Waals surface area contributed by atoms with Crippen molar-refractivity contribution in [1.29, 1.82) is 0 Å². The van der Waals surface area contributed by atoms with Gasteiger partial charge in [0.25, 0.3) is 0 Å². The zero-order valence-corrected chi connectivity index (χ0v) is 24.6. The molecule has 0 amide bonds. The SMILES string of the molecule is C/C=C\c1cc(C)c(C)cc1C.C=C(C)/C(C)=C(/C)C(=C)/C=C\C.C=Cc1ccc(C)c(C)c1C=C. The molecule has 2 aromatic rings. The summed E-state index contributed by atoms with van der Waals surface area (Å²) in [7, 11) is 0. The number of hydrogen-bond acceptors (Lipinski definition) is 0. The molecule has 0 aliphatic heterocycles. The Hall–Kier alpha value is -3.38. The minimum atomic E-state index is 1.07. The standard InChI is InChI=1S/C12H16.C12H14.C12H18/c1-5-6-12-8-10(3)9(2)7-11(12)4;1-5-11-8-7-9(3)10(4)12(11)6-2;1-7-8-10(4)12(6)11(5)9(2)3/h5-8H,1-4H3;5-8H,1-2H2,3-4H3;7-8H,2,4H2,1,3,5-6H3/b6-5-;;8-7-,12-11-. The number of rotatable bonds is 6. The molecule has 0 nitrogen and oxygen atoms in total. The first-order chi connectivity index (χ1) is 16.9. The van der Waals surface area contributed by atoms with Crippen molar-refractivity contribution in [1.82, 2.24) is 0 Å². The molecule has 192 valence electrons. The lowest BCUT2D eigenvalue weighted by molar-refractivity contribution is 1.26. The van der Waals surface area contributed by atoms with Gasteiger partial charge in [0.2, 0.25) is 0 Å². The molecule has 0 aromatic heterocycles. The second kappa shape index (κ2) is 16.3. The van der Waals surface area contributed by atoms with Crippen molar-refractivity contribution < 1.29 is 0 Å². The third kappa shape index (κ3) is 10.1. The molecule has 0 saturated heterocycles. The minimum absolute atomic E-state index is 1.07. The maximum absolute atomic E-state index is 3.96. The van der Waals surface area contributed by atoms with Crippen LogP contribution in [0.1, 0.15) is 79.1 Å². The van der Waals surface area contributed by atoms with E-state index < -0.39 is 0 Å². The molecule has 0 aliphatic rings. The fourth-order valence-electron chi connectivity index (χ4n) is 3.54. The Kier molecular flexibility index (Phi) is 14.8. The summed E-state index contributed by atoms with van der Waals surface area (Å²) in [6.45, 7) is 36.3. The molecule has 0 aliphatic carbocycles. The highest BCUT2D eigenvalue weighted by Crippen LogP contribution is 2.20. The average molecular weight is 481 g/mol. The highest BCUT2D eigenvalue weighted by Gasteiger charge is 2.01. The van der Waals surface area contributed by atoms with Crippen LogP contribution >= 0.6 is 0 Å². The van der Waals surface area contributed by atoms with E-state index in [2.05, 4.69) is 118 Å². The summed E-state index contributed by atoms with van der Waals surface area (Å²) in [4.78, 5) is 0. The van der Waals surface area contributed by atoms with Crippen molar-refractivity contribution in [3.63, 3.8) is 0 Å². The minimum Gasteiger partial charge on any atom is -0.0984 e. The molecule has 0 N–H and O–H groups in total. The molecular formula is C36H48. The van der Waals surface area contributed by atoms with E-state index in [1.54, 1.807) is 0 Å². The summed E-state index contributed by atoms with van der Waals surface area (Å²) < 4.78 is 0. The molecule has 0 heterocycles. The van der Waals surface area contributed by atoms with Crippen molar-refractivity contribution >= 4 is 18.2 Å². The zero-order chi connectivity index (χ0) is 28.0. The van der Waals surface area contributed by atoms with E-state index in [-0.39, 0.29) is 0 Å². The first kappa shape index (κ1) is 32.6. The van der Waals surface area contributed by atoms with Gasteiger partial charge in [-0.2, -0.15) is 0 Å². The van der Waals surface area contributed by atoms with Gasteiger partial charge in [0.05, 0.1) is 0 Å². The van der Waals surface area contributed by atoms with Crippen LogP contribution in [0.5, 0.6) is 0 Å². The molecule has 0 spiro atoms. The fraction of sp³-hybridized carbons (Fsp3) is 0.278. The second-order valence-electron chi connectivity index (χ2n) is 9.27. The average Bonchev–Trinajstić information content (AvgIpc) is 2.84. The molecule has 0 radical (unpaired) electrons. The van der Waals surface area contributed by atoms with Crippen LogP contribution in [0, 0.1) is 34.6 Å². The molecule has 0 saturated carbocycles. The first-order valence-electron chi connectivity index (χ1n) is 12.6. The molecule has 0 unspecified atom stereocenters. The molecule has 2 aromatic carbocycles. The smallest absolute Gasteiger partial charge is 0.0158 e. The number of benzene rings is 2. The zero-order valence-electron chi connectivity index (χ0n) is 24.6.